The van der Waals surface area contributed by atoms with Gasteiger partial charge in [0.25, 0.3) is 0 Å². The fraction of sp³-hybridized carbons (Fsp3) is 0.222. The summed E-state index contributed by atoms with van der Waals surface area (Å²) >= 11 is 0. The maximum atomic E-state index is 10.6. The number of nitrogens with two attached hydrogens (primary N) is 1. The number of carboxylic acids is 1. The number of carbonyl (C=O) groups is 1. The Bertz CT molecular complexity index is 362. The summed E-state index contributed by atoms with van der Waals surface area (Å²) < 4.78 is 9.84. The van der Waals surface area contributed by atoms with Crippen molar-refractivity contribution in [2.45, 2.75) is 0 Å². The maximum absolute atomic E-state index is 10.6. The van der Waals surface area contributed by atoms with Gasteiger partial charge in [-0.2, -0.15) is 0 Å². The first-order valence-corrected chi connectivity index (χ1v) is 3.83. The van der Waals surface area contributed by atoms with Crippen LogP contribution in [0.4, 0.5) is 5.69 Å². The molecule has 76 valence electrons. The Morgan fingerprint density at radius 1 is 1.29 bits per heavy atom. The molecule has 1 rings (SSSR count). The average molecular weight is 196 g/mol. The van der Waals surface area contributed by atoms with E-state index in [1.165, 1.54) is 26.4 Å². The largest absolute Gasteiger partial charge is 0.545 e. The summed E-state index contributed by atoms with van der Waals surface area (Å²) in [6.07, 6.45) is 0. The van der Waals surface area contributed by atoms with E-state index in [9.17, 15) is 9.90 Å². The third kappa shape index (κ3) is 1.71. The second-order valence-electron chi connectivity index (χ2n) is 2.58. The van der Waals surface area contributed by atoms with Gasteiger partial charge in [-0.15, -0.1) is 0 Å². The predicted octanol–water partition coefficient (Wildman–Crippen LogP) is -0.351. The van der Waals surface area contributed by atoms with Gasteiger partial charge in [-0.3, -0.25) is 0 Å². The van der Waals surface area contributed by atoms with Crippen LogP contribution in [0.2, 0.25) is 0 Å². The van der Waals surface area contributed by atoms with Crippen molar-refractivity contribution in [3.8, 4) is 11.5 Å². The van der Waals surface area contributed by atoms with E-state index in [2.05, 4.69) is 0 Å². The molecule has 0 aliphatic heterocycles. The highest BCUT2D eigenvalue weighted by Crippen LogP contribution is 2.31. The quantitative estimate of drug-likeness (QED) is 0.668. The molecule has 0 aromatic heterocycles. The predicted molar refractivity (Wildman–Crippen MR) is 48.3 cm³/mol. The van der Waals surface area contributed by atoms with E-state index < -0.39 is 5.97 Å². The Balaban J connectivity index is 3.30. The van der Waals surface area contributed by atoms with Crippen LogP contribution in [0.3, 0.4) is 0 Å². The van der Waals surface area contributed by atoms with Crippen LogP contribution < -0.4 is 20.3 Å². The molecular weight excluding hydrogens is 186 g/mol. The Kier molecular flexibility index (Phi) is 2.81. The summed E-state index contributed by atoms with van der Waals surface area (Å²) in [6.45, 7) is 0. The zero-order chi connectivity index (χ0) is 10.7. The van der Waals surface area contributed by atoms with Gasteiger partial charge in [0, 0.05) is 17.3 Å². The number of aromatic carboxylic acids is 1. The van der Waals surface area contributed by atoms with Gasteiger partial charge in [-0.05, 0) is 6.07 Å². The number of benzene rings is 1. The van der Waals surface area contributed by atoms with Gasteiger partial charge >= 0.3 is 0 Å². The number of hydrogen-bond donors (Lipinski definition) is 1. The molecule has 0 heterocycles. The Morgan fingerprint density at radius 2 is 1.79 bits per heavy atom. The molecule has 0 unspecified atom stereocenters. The second-order valence-corrected chi connectivity index (χ2v) is 2.58. The normalized spacial score (nSPS) is 9.57. The first-order valence-electron chi connectivity index (χ1n) is 3.83. The molecule has 1 aromatic carbocycles. The highest BCUT2D eigenvalue weighted by Gasteiger charge is 2.09. The van der Waals surface area contributed by atoms with Crippen LogP contribution in [0.5, 0.6) is 11.5 Å². The van der Waals surface area contributed by atoms with Crippen LogP contribution in [-0.2, 0) is 0 Å². The molecule has 2 N–H and O–H groups in total. The molecule has 0 amide bonds. The number of anilines is 1. The van der Waals surface area contributed by atoms with Crippen molar-refractivity contribution in [3.05, 3.63) is 17.7 Å². The summed E-state index contributed by atoms with van der Waals surface area (Å²) in [7, 11) is 2.85. The van der Waals surface area contributed by atoms with Crippen LogP contribution in [-0.4, -0.2) is 20.2 Å². The smallest absolute Gasteiger partial charge is 0.162 e. The third-order valence-electron chi connectivity index (χ3n) is 1.78. The van der Waals surface area contributed by atoms with E-state index in [0.29, 0.717) is 11.5 Å². The Hall–Kier alpha value is -1.91. The molecule has 0 spiro atoms. The summed E-state index contributed by atoms with van der Waals surface area (Å²) in [5, 5.41) is 10.6. The minimum absolute atomic E-state index is 0.0858. The van der Waals surface area contributed by atoms with Crippen LogP contribution >= 0.6 is 0 Å². The highest BCUT2D eigenvalue weighted by atomic mass is 16.5. The minimum Gasteiger partial charge on any atom is -0.545 e. The lowest BCUT2D eigenvalue weighted by Gasteiger charge is -2.12. The standard InChI is InChI=1S/C9H11NO4/c1-13-7-3-5(9(11)12)6(10)4-8(7)14-2/h3-4H,10H2,1-2H3,(H,11,12)/p-1. The zero-order valence-electron chi connectivity index (χ0n) is 7.87. The lowest BCUT2D eigenvalue weighted by molar-refractivity contribution is -0.254. The van der Waals surface area contributed by atoms with Crippen LogP contribution in [0.1, 0.15) is 10.4 Å². The molecule has 0 bridgehead atoms. The van der Waals surface area contributed by atoms with Crippen molar-refractivity contribution in [2.24, 2.45) is 0 Å². The fourth-order valence-electron chi connectivity index (χ4n) is 1.07. The first kappa shape index (κ1) is 10.2. The molecule has 14 heavy (non-hydrogen) atoms. The molecule has 5 nitrogen and oxygen atoms in total. The van der Waals surface area contributed by atoms with Gasteiger partial charge < -0.3 is 25.1 Å². The molecule has 1 aromatic rings. The van der Waals surface area contributed by atoms with Crippen LogP contribution in [0.15, 0.2) is 12.1 Å². The third-order valence-corrected chi connectivity index (χ3v) is 1.78. The first-order chi connectivity index (χ1) is 6.60. The maximum Gasteiger partial charge on any atom is 0.162 e. The topological polar surface area (TPSA) is 84.6 Å². The molecule has 0 saturated carbocycles. The van der Waals surface area contributed by atoms with E-state index in [0.717, 1.165) is 0 Å². The van der Waals surface area contributed by atoms with Gasteiger partial charge in [0.2, 0.25) is 0 Å². The van der Waals surface area contributed by atoms with Crippen molar-refractivity contribution in [1.29, 1.82) is 0 Å². The van der Waals surface area contributed by atoms with E-state index in [4.69, 9.17) is 15.2 Å². The molecule has 0 aliphatic carbocycles. The fourth-order valence-corrected chi connectivity index (χ4v) is 1.07. The summed E-state index contributed by atoms with van der Waals surface area (Å²) in [5.74, 6) is -0.653. The number of hydrogen-bond acceptors (Lipinski definition) is 5. The van der Waals surface area contributed by atoms with Crippen molar-refractivity contribution >= 4 is 11.7 Å². The minimum atomic E-state index is -1.34. The summed E-state index contributed by atoms with van der Waals surface area (Å²) in [4.78, 5) is 10.6. The number of carboxylic acid groups (broad SMARTS) is 1. The lowest BCUT2D eigenvalue weighted by Crippen LogP contribution is -2.23. The van der Waals surface area contributed by atoms with Gasteiger partial charge in [-0.25, -0.2) is 0 Å². The molecule has 0 fully saturated rings. The van der Waals surface area contributed by atoms with E-state index in [1.807, 2.05) is 0 Å². The molecular formula is C9H10NO4-. The molecule has 0 atom stereocenters. The number of nitrogen functional groups attached to an aromatic ring is 1. The number of carbonyl (C=O) groups excluding carboxylic acids is 1. The molecule has 0 radical (unpaired) electrons. The van der Waals surface area contributed by atoms with E-state index in [-0.39, 0.29) is 11.3 Å². The molecule has 0 aliphatic rings. The van der Waals surface area contributed by atoms with Crippen molar-refractivity contribution in [3.63, 3.8) is 0 Å². The van der Waals surface area contributed by atoms with Gasteiger partial charge in [0.1, 0.15) is 0 Å². The SMILES string of the molecule is COc1cc(N)c(C(=O)[O-])cc1OC. The van der Waals surface area contributed by atoms with Gasteiger partial charge in [0.15, 0.2) is 11.5 Å². The summed E-state index contributed by atoms with van der Waals surface area (Å²) in [6, 6.07) is 2.65. The Labute approximate surface area is 81.0 Å². The zero-order valence-corrected chi connectivity index (χ0v) is 7.87. The van der Waals surface area contributed by atoms with Crippen molar-refractivity contribution < 1.29 is 19.4 Å². The number of ether oxygens (including phenoxy) is 2. The van der Waals surface area contributed by atoms with Crippen LogP contribution in [0.25, 0.3) is 0 Å². The Morgan fingerprint density at radius 3 is 2.21 bits per heavy atom. The lowest BCUT2D eigenvalue weighted by atomic mass is 10.1. The van der Waals surface area contributed by atoms with Crippen molar-refractivity contribution in [1.82, 2.24) is 0 Å². The highest BCUT2D eigenvalue weighted by molar-refractivity contribution is 5.93. The van der Waals surface area contributed by atoms with Gasteiger partial charge in [-0.1, -0.05) is 0 Å². The van der Waals surface area contributed by atoms with Crippen LogP contribution in [0, 0.1) is 0 Å². The van der Waals surface area contributed by atoms with Crippen molar-refractivity contribution in [2.75, 3.05) is 20.0 Å². The van der Waals surface area contributed by atoms with E-state index in [1.54, 1.807) is 0 Å². The van der Waals surface area contributed by atoms with Gasteiger partial charge in [0.05, 0.1) is 20.2 Å². The number of methoxy groups -OCH3 is 2. The van der Waals surface area contributed by atoms with E-state index >= 15 is 0 Å². The summed E-state index contributed by atoms with van der Waals surface area (Å²) in [5.41, 5.74) is 5.44. The average Bonchev–Trinajstić information content (AvgIpc) is 2.16. The number of rotatable bonds is 3. The monoisotopic (exact) mass is 196 g/mol. The second kappa shape index (κ2) is 3.87. The molecule has 0 saturated heterocycles. The molecule has 5 heteroatoms.